The summed E-state index contributed by atoms with van der Waals surface area (Å²) in [6, 6.07) is 21.5. The van der Waals surface area contributed by atoms with Crippen LogP contribution in [0.3, 0.4) is 0 Å². The van der Waals surface area contributed by atoms with Crippen molar-refractivity contribution in [2.24, 2.45) is 5.92 Å². The van der Waals surface area contributed by atoms with Crippen LogP contribution in [0.5, 0.6) is 0 Å². The van der Waals surface area contributed by atoms with E-state index in [0.717, 1.165) is 10.9 Å². The summed E-state index contributed by atoms with van der Waals surface area (Å²) in [6.45, 7) is 0.885. The molecule has 0 unspecified atom stereocenters. The molecule has 1 aliphatic heterocycles. The standard InChI is InChI=1S/C21H21NS2/c23-21-22(15-16-9-3-1-4-10-16)19-14-8-7-13-18(19)20(24-21)17-11-5-2-6-12-17/h1-6,9-12,14,18,20H,7-8,13,15H2/t18-,20+/m0/s1. The van der Waals surface area contributed by atoms with Gasteiger partial charge in [0.05, 0.1) is 0 Å². The summed E-state index contributed by atoms with van der Waals surface area (Å²) in [5, 5.41) is 0.456. The summed E-state index contributed by atoms with van der Waals surface area (Å²) in [5.74, 6) is 0.571. The van der Waals surface area contributed by atoms with E-state index >= 15 is 0 Å². The Kier molecular flexibility index (Phi) is 4.72. The van der Waals surface area contributed by atoms with Crippen molar-refractivity contribution >= 4 is 28.3 Å². The second-order valence-corrected chi connectivity index (χ2v) is 8.23. The molecule has 1 saturated heterocycles. The van der Waals surface area contributed by atoms with Gasteiger partial charge >= 0.3 is 0 Å². The molecule has 0 N–H and O–H groups in total. The fourth-order valence-corrected chi connectivity index (χ4v) is 5.46. The van der Waals surface area contributed by atoms with Gasteiger partial charge in [-0.1, -0.05) is 90.7 Å². The van der Waals surface area contributed by atoms with Gasteiger partial charge < -0.3 is 4.90 Å². The molecular weight excluding hydrogens is 330 g/mol. The van der Waals surface area contributed by atoms with Crippen LogP contribution >= 0.6 is 24.0 Å². The van der Waals surface area contributed by atoms with Crippen molar-refractivity contribution in [2.75, 3.05) is 0 Å². The largest absolute Gasteiger partial charge is 0.327 e. The van der Waals surface area contributed by atoms with E-state index in [1.807, 2.05) is 11.8 Å². The van der Waals surface area contributed by atoms with Crippen LogP contribution in [-0.4, -0.2) is 9.22 Å². The Morgan fingerprint density at radius 3 is 2.46 bits per heavy atom. The van der Waals surface area contributed by atoms with Crippen molar-refractivity contribution in [2.45, 2.75) is 31.1 Å². The minimum absolute atomic E-state index is 0.456. The van der Waals surface area contributed by atoms with E-state index in [-0.39, 0.29) is 0 Å². The highest BCUT2D eigenvalue weighted by molar-refractivity contribution is 8.23. The molecule has 2 atom stereocenters. The van der Waals surface area contributed by atoms with Gasteiger partial charge in [0.25, 0.3) is 0 Å². The average Bonchev–Trinajstić information content (AvgIpc) is 2.65. The highest BCUT2D eigenvalue weighted by Gasteiger charge is 2.38. The third-order valence-electron chi connectivity index (χ3n) is 4.89. The lowest BCUT2D eigenvalue weighted by Gasteiger charge is -2.43. The van der Waals surface area contributed by atoms with E-state index in [2.05, 4.69) is 71.6 Å². The Labute approximate surface area is 153 Å². The van der Waals surface area contributed by atoms with Crippen LogP contribution in [0.4, 0.5) is 0 Å². The predicted molar refractivity (Wildman–Crippen MR) is 107 cm³/mol. The van der Waals surface area contributed by atoms with Crippen molar-refractivity contribution < 1.29 is 0 Å². The lowest BCUT2D eigenvalue weighted by atomic mass is 9.85. The summed E-state index contributed by atoms with van der Waals surface area (Å²) in [5.41, 5.74) is 4.17. The third kappa shape index (κ3) is 3.15. The number of fused-ring (bicyclic) bond motifs is 1. The maximum Gasteiger partial charge on any atom is 0.141 e. The summed E-state index contributed by atoms with van der Waals surface area (Å²) >= 11 is 7.69. The highest BCUT2D eigenvalue weighted by atomic mass is 32.2. The molecule has 0 radical (unpaired) electrons. The van der Waals surface area contributed by atoms with E-state index in [0.29, 0.717) is 11.2 Å². The number of allylic oxidation sites excluding steroid dienone is 2. The summed E-state index contributed by atoms with van der Waals surface area (Å²) in [6.07, 6.45) is 6.14. The number of rotatable bonds is 3. The fourth-order valence-electron chi connectivity index (χ4n) is 3.73. The molecule has 4 rings (SSSR count). The molecule has 0 spiro atoms. The number of hydrogen-bond donors (Lipinski definition) is 0. The van der Waals surface area contributed by atoms with E-state index < -0.39 is 0 Å². The van der Waals surface area contributed by atoms with Gasteiger partial charge in [-0.15, -0.1) is 0 Å². The van der Waals surface area contributed by atoms with Gasteiger partial charge in [-0.3, -0.25) is 0 Å². The Hall–Kier alpha value is -1.58. The zero-order valence-corrected chi connectivity index (χ0v) is 15.2. The van der Waals surface area contributed by atoms with Gasteiger partial charge in [-0.05, 0) is 30.4 Å². The van der Waals surface area contributed by atoms with Crippen LogP contribution in [-0.2, 0) is 6.54 Å². The van der Waals surface area contributed by atoms with Gasteiger partial charge in [0, 0.05) is 23.4 Å². The van der Waals surface area contributed by atoms with E-state index in [4.69, 9.17) is 12.2 Å². The molecule has 2 aromatic rings. The lowest BCUT2D eigenvalue weighted by Crippen LogP contribution is -2.38. The molecule has 24 heavy (non-hydrogen) atoms. The molecule has 3 heteroatoms. The van der Waals surface area contributed by atoms with Crippen LogP contribution in [0.1, 0.15) is 35.6 Å². The normalized spacial score (nSPS) is 23.6. The summed E-state index contributed by atoms with van der Waals surface area (Å²) < 4.78 is 1.01. The number of nitrogens with zero attached hydrogens (tertiary/aromatic N) is 1. The smallest absolute Gasteiger partial charge is 0.141 e. The van der Waals surface area contributed by atoms with Crippen molar-refractivity contribution in [3.05, 3.63) is 83.6 Å². The highest BCUT2D eigenvalue weighted by Crippen LogP contribution is 2.50. The number of hydrogen-bond acceptors (Lipinski definition) is 2. The molecule has 1 aliphatic carbocycles. The molecule has 2 aliphatic rings. The molecule has 1 fully saturated rings. The second kappa shape index (κ2) is 7.12. The van der Waals surface area contributed by atoms with E-state index in [9.17, 15) is 0 Å². The topological polar surface area (TPSA) is 3.24 Å². The molecule has 1 nitrogen and oxygen atoms in total. The SMILES string of the molecule is S=C1S[C@H](c2ccccc2)[C@H]2CCCC=C2N1Cc1ccccc1. The second-order valence-electron chi connectivity index (χ2n) is 6.45. The van der Waals surface area contributed by atoms with Gasteiger partial charge in [0.15, 0.2) is 0 Å². The molecule has 0 aromatic heterocycles. The van der Waals surface area contributed by atoms with Crippen LogP contribution < -0.4 is 0 Å². The Balaban J connectivity index is 1.65. The first-order valence-corrected chi connectivity index (χ1v) is 9.89. The number of thiocarbonyl (C=S) groups is 1. The lowest BCUT2D eigenvalue weighted by molar-refractivity contribution is 0.371. The van der Waals surface area contributed by atoms with Crippen LogP contribution in [0.15, 0.2) is 72.4 Å². The summed E-state index contributed by atoms with van der Waals surface area (Å²) in [7, 11) is 0. The monoisotopic (exact) mass is 351 g/mol. The summed E-state index contributed by atoms with van der Waals surface area (Å²) in [4.78, 5) is 2.37. The van der Waals surface area contributed by atoms with Gasteiger partial charge in [-0.2, -0.15) is 0 Å². The van der Waals surface area contributed by atoms with E-state index in [1.54, 1.807) is 0 Å². The Bertz CT molecular complexity index is 739. The van der Waals surface area contributed by atoms with Crippen molar-refractivity contribution in [3.63, 3.8) is 0 Å². The van der Waals surface area contributed by atoms with Crippen molar-refractivity contribution in [1.29, 1.82) is 0 Å². The minimum atomic E-state index is 0.456. The molecular formula is C21H21NS2. The zero-order chi connectivity index (χ0) is 16.4. The van der Waals surface area contributed by atoms with Crippen LogP contribution in [0.2, 0.25) is 0 Å². The average molecular weight is 352 g/mol. The van der Waals surface area contributed by atoms with Crippen LogP contribution in [0.25, 0.3) is 0 Å². The Morgan fingerprint density at radius 1 is 1.00 bits per heavy atom. The minimum Gasteiger partial charge on any atom is -0.327 e. The van der Waals surface area contributed by atoms with Gasteiger partial charge in [-0.25, -0.2) is 0 Å². The fraction of sp³-hybridized carbons (Fsp3) is 0.286. The molecule has 0 bridgehead atoms. The number of benzene rings is 2. The number of thioether (sulfide) groups is 1. The van der Waals surface area contributed by atoms with E-state index in [1.165, 1.54) is 36.1 Å². The molecule has 0 saturated carbocycles. The van der Waals surface area contributed by atoms with Gasteiger partial charge in [0.2, 0.25) is 0 Å². The zero-order valence-electron chi connectivity index (χ0n) is 13.6. The molecule has 0 amide bonds. The first-order chi connectivity index (χ1) is 11.8. The predicted octanol–water partition coefficient (Wildman–Crippen LogP) is 5.95. The first kappa shape index (κ1) is 15.9. The first-order valence-electron chi connectivity index (χ1n) is 8.60. The van der Waals surface area contributed by atoms with Crippen molar-refractivity contribution in [3.8, 4) is 0 Å². The quantitative estimate of drug-likeness (QED) is 0.630. The maximum absolute atomic E-state index is 5.82. The van der Waals surface area contributed by atoms with Gasteiger partial charge in [0.1, 0.15) is 4.32 Å². The van der Waals surface area contributed by atoms with Crippen molar-refractivity contribution in [1.82, 2.24) is 4.90 Å². The molecule has 122 valence electrons. The maximum atomic E-state index is 5.82. The molecule has 1 heterocycles. The third-order valence-corrected chi connectivity index (χ3v) is 6.68. The van der Waals surface area contributed by atoms with Crippen LogP contribution in [0, 0.1) is 5.92 Å². The Morgan fingerprint density at radius 2 is 1.71 bits per heavy atom. The molecule has 2 aromatic carbocycles.